The van der Waals surface area contributed by atoms with Crippen LogP contribution >= 0.6 is 11.8 Å². The van der Waals surface area contributed by atoms with Gasteiger partial charge in [-0.1, -0.05) is 25.5 Å². The number of nitrogens with one attached hydrogen (secondary N) is 1. The molecule has 1 amide bonds. The lowest BCUT2D eigenvalue weighted by atomic mass is 10.1. The number of anilines is 1. The summed E-state index contributed by atoms with van der Waals surface area (Å²) in [5.41, 5.74) is 8.14. The van der Waals surface area contributed by atoms with E-state index in [1.165, 1.54) is 12.8 Å². The molecule has 4 heteroatoms. The number of carbonyl (C=O) groups excluding carboxylic acids is 1. The third kappa shape index (κ3) is 3.24. The van der Waals surface area contributed by atoms with Crippen molar-refractivity contribution in [3.05, 3.63) is 29.3 Å². The molecule has 1 saturated carbocycles. The summed E-state index contributed by atoms with van der Waals surface area (Å²) in [6.07, 6.45) is 3.48. The molecule has 1 aromatic carbocycles. The Morgan fingerprint density at radius 3 is 3.00 bits per heavy atom. The minimum atomic E-state index is -0.0326. The number of amides is 1. The Morgan fingerprint density at radius 1 is 1.47 bits per heavy atom. The average molecular weight is 278 g/mol. The van der Waals surface area contributed by atoms with Gasteiger partial charge < -0.3 is 11.1 Å². The van der Waals surface area contributed by atoms with Crippen LogP contribution in [-0.2, 0) is 0 Å². The van der Waals surface area contributed by atoms with E-state index in [1.807, 2.05) is 30.8 Å². The molecule has 0 spiro atoms. The van der Waals surface area contributed by atoms with Gasteiger partial charge in [0.2, 0.25) is 0 Å². The molecule has 2 unspecified atom stereocenters. The Balaban J connectivity index is 2.06. The Labute approximate surface area is 119 Å². The van der Waals surface area contributed by atoms with Gasteiger partial charge in [-0.3, -0.25) is 4.79 Å². The standard InChI is InChI=1S/C15H22N2OS/c1-3-19-13-9-5-8-12(13)17-15(18)11-7-4-6-10(2)14(11)16/h4,6-7,12-13H,3,5,8-9,16H2,1-2H3,(H,17,18). The molecule has 1 aliphatic rings. The summed E-state index contributed by atoms with van der Waals surface area (Å²) in [5.74, 6) is 1.07. The van der Waals surface area contributed by atoms with Crippen molar-refractivity contribution in [2.75, 3.05) is 11.5 Å². The third-order valence-electron chi connectivity index (χ3n) is 3.72. The molecule has 19 heavy (non-hydrogen) atoms. The molecule has 0 aromatic heterocycles. The Bertz CT molecular complexity index is 461. The molecule has 2 atom stereocenters. The van der Waals surface area contributed by atoms with Gasteiger partial charge >= 0.3 is 0 Å². The minimum absolute atomic E-state index is 0.0326. The van der Waals surface area contributed by atoms with E-state index in [2.05, 4.69) is 12.2 Å². The zero-order valence-corrected chi connectivity index (χ0v) is 12.4. The van der Waals surface area contributed by atoms with Crippen molar-refractivity contribution in [3.8, 4) is 0 Å². The Kier molecular flexibility index (Phi) is 4.75. The summed E-state index contributed by atoms with van der Waals surface area (Å²) in [5, 5.41) is 3.71. The van der Waals surface area contributed by atoms with Gasteiger partial charge in [-0.05, 0) is 37.1 Å². The molecule has 104 valence electrons. The number of para-hydroxylation sites is 1. The largest absolute Gasteiger partial charge is 0.398 e. The van der Waals surface area contributed by atoms with Crippen LogP contribution in [0.4, 0.5) is 5.69 Å². The van der Waals surface area contributed by atoms with Crippen LogP contribution in [0.5, 0.6) is 0 Å². The van der Waals surface area contributed by atoms with Crippen LogP contribution in [0.25, 0.3) is 0 Å². The quantitative estimate of drug-likeness (QED) is 0.833. The first kappa shape index (κ1) is 14.3. The molecule has 0 heterocycles. The van der Waals surface area contributed by atoms with Gasteiger partial charge in [0.05, 0.1) is 5.56 Å². The van der Waals surface area contributed by atoms with Gasteiger partial charge in [0.15, 0.2) is 0 Å². The molecule has 0 bridgehead atoms. The molecular formula is C15H22N2OS. The van der Waals surface area contributed by atoms with Gasteiger partial charge in [0.1, 0.15) is 0 Å². The summed E-state index contributed by atoms with van der Waals surface area (Å²) in [6.45, 7) is 4.10. The van der Waals surface area contributed by atoms with Crippen LogP contribution in [0, 0.1) is 6.92 Å². The first-order valence-electron chi connectivity index (χ1n) is 6.91. The first-order chi connectivity index (χ1) is 9.13. The zero-order chi connectivity index (χ0) is 13.8. The van der Waals surface area contributed by atoms with Crippen LogP contribution in [0.3, 0.4) is 0 Å². The second kappa shape index (κ2) is 6.33. The van der Waals surface area contributed by atoms with Crippen LogP contribution in [-0.4, -0.2) is 23.0 Å². The minimum Gasteiger partial charge on any atom is -0.398 e. The summed E-state index contributed by atoms with van der Waals surface area (Å²) in [4.78, 5) is 12.3. The number of aryl methyl sites for hydroxylation is 1. The van der Waals surface area contributed by atoms with Gasteiger partial charge in [0.25, 0.3) is 5.91 Å². The first-order valence-corrected chi connectivity index (χ1v) is 7.96. The van der Waals surface area contributed by atoms with E-state index < -0.39 is 0 Å². The topological polar surface area (TPSA) is 55.1 Å². The maximum atomic E-state index is 12.3. The van der Waals surface area contributed by atoms with E-state index in [0.717, 1.165) is 17.7 Å². The Morgan fingerprint density at radius 2 is 2.26 bits per heavy atom. The molecular weight excluding hydrogens is 256 g/mol. The van der Waals surface area contributed by atoms with Crippen LogP contribution in [0.1, 0.15) is 42.1 Å². The third-order valence-corrected chi connectivity index (χ3v) is 5.04. The van der Waals surface area contributed by atoms with Gasteiger partial charge in [-0.2, -0.15) is 11.8 Å². The smallest absolute Gasteiger partial charge is 0.253 e. The van der Waals surface area contributed by atoms with E-state index in [0.29, 0.717) is 16.5 Å². The molecule has 0 radical (unpaired) electrons. The van der Waals surface area contributed by atoms with Crippen molar-refractivity contribution in [2.45, 2.75) is 44.4 Å². The highest BCUT2D eigenvalue weighted by atomic mass is 32.2. The van der Waals surface area contributed by atoms with Crippen molar-refractivity contribution in [2.24, 2.45) is 0 Å². The lowest BCUT2D eigenvalue weighted by Crippen LogP contribution is -2.39. The van der Waals surface area contributed by atoms with Gasteiger partial charge in [0, 0.05) is 17.0 Å². The highest BCUT2D eigenvalue weighted by Crippen LogP contribution is 2.30. The van der Waals surface area contributed by atoms with E-state index in [1.54, 1.807) is 6.07 Å². The number of nitrogens with two attached hydrogens (primary N) is 1. The van der Waals surface area contributed by atoms with Gasteiger partial charge in [-0.15, -0.1) is 0 Å². The number of hydrogen-bond acceptors (Lipinski definition) is 3. The lowest BCUT2D eigenvalue weighted by Gasteiger charge is -2.20. The monoisotopic (exact) mass is 278 g/mol. The van der Waals surface area contributed by atoms with Crippen molar-refractivity contribution >= 4 is 23.4 Å². The van der Waals surface area contributed by atoms with Crippen molar-refractivity contribution in [1.82, 2.24) is 5.32 Å². The Hall–Kier alpha value is -1.16. The summed E-state index contributed by atoms with van der Waals surface area (Å²) >= 11 is 1.95. The second-order valence-electron chi connectivity index (χ2n) is 5.04. The molecule has 1 aliphatic carbocycles. The van der Waals surface area contributed by atoms with Crippen LogP contribution in [0.15, 0.2) is 18.2 Å². The zero-order valence-electron chi connectivity index (χ0n) is 11.6. The van der Waals surface area contributed by atoms with Crippen LogP contribution in [0.2, 0.25) is 0 Å². The second-order valence-corrected chi connectivity index (χ2v) is 6.56. The molecule has 1 aromatic rings. The number of carbonyl (C=O) groups is 1. The molecule has 2 rings (SSSR count). The van der Waals surface area contributed by atoms with Crippen molar-refractivity contribution < 1.29 is 4.79 Å². The maximum absolute atomic E-state index is 12.3. The fourth-order valence-electron chi connectivity index (χ4n) is 2.63. The number of nitrogen functional groups attached to an aromatic ring is 1. The van der Waals surface area contributed by atoms with E-state index in [-0.39, 0.29) is 11.9 Å². The SMILES string of the molecule is CCSC1CCCC1NC(=O)c1cccc(C)c1N. The van der Waals surface area contributed by atoms with Crippen molar-refractivity contribution in [3.63, 3.8) is 0 Å². The highest BCUT2D eigenvalue weighted by Gasteiger charge is 2.29. The number of rotatable bonds is 4. The van der Waals surface area contributed by atoms with Gasteiger partial charge in [-0.25, -0.2) is 0 Å². The molecule has 0 aliphatic heterocycles. The molecule has 0 saturated heterocycles. The highest BCUT2D eigenvalue weighted by molar-refractivity contribution is 7.99. The molecule has 3 N–H and O–H groups in total. The molecule has 1 fully saturated rings. The summed E-state index contributed by atoms with van der Waals surface area (Å²) < 4.78 is 0. The fourth-order valence-corrected chi connectivity index (χ4v) is 3.83. The normalized spacial score (nSPS) is 22.4. The summed E-state index contributed by atoms with van der Waals surface area (Å²) in [7, 11) is 0. The number of thioether (sulfide) groups is 1. The maximum Gasteiger partial charge on any atom is 0.253 e. The predicted octanol–water partition coefficient (Wildman–Crippen LogP) is 2.98. The lowest BCUT2D eigenvalue weighted by molar-refractivity contribution is 0.0939. The van der Waals surface area contributed by atoms with E-state index in [9.17, 15) is 4.79 Å². The van der Waals surface area contributed by atoms with E-state index in [4.69, 9.17) is 5.73 Å². The van der Waals surface area contributed by atoms with Crippen LogP contribution < -0.4 is 11.1 Å². The fraction of sp³-hybridized carbons (Fsp3) is 0.533. The average Bonchev–Trinajstić information content (AvgIpc) is 2.80. The summed E-state index contributed by atoms with van der Waals surface area (Å²) in [6, 6.07) is 5.90. The number of benzene rings is 1. The number of hydrogen-bond donors (Lipinski definition) is 2. The predicted molar refractivity (Wildman–Crippen MR) is 82.6 cm³/mol. The van der Waals surface area contributed by atoms with E-state index >= 15 is 0 Å². The molecule has 3 nitrogen and oxygen atoms in total. The van der Waals surface area contributed by atoms with Crippen molar-refractivity contribution in [1.29, 1.82) is 0 Å².